The molecule has 0 saturated heterocycles. The number of hydrogen-bond donors (Lipinski definition) is 2. The second-order valence-electron chi connectivity index (χ2n) is 4.89. The van der Waals surface area contributed by atoms with Crippen molar-refractivity contribution >= 4 is 33.3 Å². The van der Waals surface area contributed by atoms with Gasteiger partial charge < -0.3 is 10.3 Å². The van der Waals surface area contributed by atoms with E-state index in [1.54, 1.807) is 6.07 Å². The molecule has 0 aliphatic heterocycles. The van der Waals surface area contributed by atoms with Crippen molar-refractivity contribution in [1.82, 2.24) is 4.98 Å². The SMILES string of the molecule is CC(=O)Nc1cc2c(cc1C)[nH]c(=O)c1ccccc12. The van der Waals surface area contributed by atoms with Gasteiger partial charge in [-0.25, -0.2) is 0 Å². The van der Waals surface area contributed by atoms with Crippen molar-refractivity contribution in [2.24, 2.45) is 0 Å². The standard InChI is InChI=1S/C16H14N2O2/c1-9-7-15-13(8-14(9)17-10(2)19)11-5-3-4-6-12(11)16(20)18-15/h3-8H,1-2H3,(H,17,19)(H,18,20). The highest BCUT2D eigenvalue weighted by molar-refractivity contribution is 6.07. The average Bonchev–Trinajstić information content (AvgIpc) is 2.40. The molecule has 4 heteroatoms. The maximum Gasteiger partial charge on any atom is 0.256 e. The molecule has 1 amide bonds. The predicted octanol–water partition coefficient (Wildman–Crippen LogP) is 2.95. The Morgan fingerprint density at radius 2 is 1.80 bits per heavy atom. The van der Waals surface area contributed by atoms with Crippen molar-refractivity contribution in [3.05, 3.63) is 52.3 Å². The minimum atomic E-state index is -0.110. The fourth-order valence-corrected chi connectivity index (χ4v) is 2.46. The number of carbonyl (C=O) groups excluding carboxylic acids is 1. The van der Waals surface area contributed by atoms with Crippen LogP contribution in [0.25, 0.3) is 21.7 Å². The van der Waals surface area contributed by atoms with E-state index in [0.29, 0.717) is 5.39 Å². The molecule has 2 aromatic carbocycles. The first-order valence-corrected chi connectivity index (χ1v) is 6.39. The fourth-order valence-electron chi connectivity index (χ4n) is 2.46. The molecule has 0 atom stereocenters. The Balaban J connectivity index is 2.42. The van der Waals surface area contributed by atoms with Gasteiger partial charge in [0.25, 0.3) is 5.56 Å². The van der Waals surface area contributed by atoms with Crippen LogP contribution in [0.5, 0.6) is 0 Å². The molecular weight excluding hydrogens is 252 g/mol. The number of pyridine rings is 1. The lowest BCUT2D eigenvalue weighted by Crippen LogP contribution is -2.09. The molecule has 0 aliphatic rings. The fraction of sp³-hybridized carbons (Fsp3) is 0.125. The van der Waals surface area contributed by atoms with Crippen LogP contribution in [0.4, 0.5) is 5.69 Å². The summed E-state index contributed by atoms with van der Waals surface area (Å²) in [7, 11) is 0. The Morgan fingerprint density at radius 3 is 2.50 bits per heavy atom. The molecule has 0 aliphatic carbocycles. The van der Waals surface area contributed by atoms with Crippen LogP contribution in [-0.4, -0.2) is 10.9 Å². The number of rotatable bonds is 1. The summed E-state index contributed by atoms with van der Waals surface area (Å²) >= 11 is 0. The van der Waals surface area contributed by atoms with Crippen LogP contribution in [0.2, 0.25) is 0 Å². The van der Waals surface area contributed by atoms with Gasteiger partial charge in [-0.2, -0.15) is 0 Å². The first-order valence-electron chi connectivity index (χ1n) is 6.39. The monoisotopic (exact) mass is 266 g/mol. The molecule has 0 saturated carbocycles. The number of aromatic amines is 1. The van der Waals surface area contributed by atoms with Gasteiger partial charge in [-0.3, -0.25) is 9.59 Å². The predicted molar refractivity (Wildman–Crippen MR) is 81.1 cm³/mol. The minimum Gasteiger partial charge on any atom is -0.326 e. The van der Waals surface area contributed by atoms with Crippen LogP contribution in [0.3, 0.4) is 0 Å². The molecule has 0 radical (unpaired) electrons. The Kier molecular flexibility index (Phi) is 2.79. The molecule has 3 aromatic rings. The van der Waals surface area contributed by atoms with Gasteiger partial charge in [0.05, 0.1) is 0 Å². The highest BCUT2D eigenvalue weighted by Gasteiger charge is 2.08. The Bertz CT molecular complexity index is 894. The normalized spacial score (nSPS) is 10.9. The third-order valence-corrected chi connectivity index (χ3v) is 3.39. The molecule has 2 N–H and O–H groups in total. The van der Waals surface area contributed by atoms with Crippen LogP contribution in [-0.2, 0) is 4.79 Å². The molecule has 4 nitrogen and oxygen atoms in total. The maximum absolute atomic E-state index is 12.0. The van der Waals surface area contributed by atoms with Gasteiger partial charge in [0.15, 0.2) is 0 Å². The Hall–Kier alpha value is -2.62. The van der Waals surface area contributed by atoms with Crippen molar-refractivity contribution in [3.63, 3.8) is 0 Å². The van der Waals surface area contributed by atoms with Gasteiger partial charge in [0.2, 0.25) is 5.91 Å². The summed E-state index contributed by atoms with van der Waals surface area (Å²) in [5.74, 6) is -0.110. The molecule has 3 rings (SSSR count). The summed E-state index contributed by atoms with van der Waals surface area (Å²) in [6, 6.07) is 11.2. The molecule has 100 valence electrons. The number of fused-ring (bicyclic) bond motifs is 3. The van der Waals surface area contributed by atoms with Crippen molar-refractivity contribution in [1.29, 1.82) is 0 Å². The highest BCUT2D eigenvalue weighted by atomic mass is 16.1. The number of anilines is 1. The summed E-state index contributed by atoms with van der Waals surface area (Å²) in [5, 5.41) is 5.28. The van der Waals surface area contributed by atoms with E-state index in [1.807, 2.05) is 37.3 Å². The van der Waals surface area contributed by atoms with Gasteiger partial charge in [0, 0.05) is 28.9 Å². The van der Waals surface area contributed by atoms with Gasteiger partial charge in [-0.15, -0.1) is 0 Å². The van der Waals surface area contributed by atoms with Crippen molar-refractivity contribution in [2.75, 3.05) is 5.32 Å². The van der Waals surface area contributed by atoms with E-state index < -0.39 is 0 Å². The molecule has 0 unspecified atom stereocenters. The topological polar surface area (TPSA) is 62.0 Å². The van der Waals surface area contributed by atoms with Crippen molar-refractivity contribution in [2.45, 2.75) is 13.8 Å². The van der Waals surface area contributed by atoms with Crippen LogP contribution >= 0.6 is 0 Å². The summed E-state index contributed by atoms with van der Waals surface area (Å²) in [4.78, 5) is 26.2. The van der Waals surface area contributed by atoms with Crippen LogP contribution < -0.4 is 10.9 Å². The quantitative estimate of drug-likeness (QED) is 0.665. The van der Waals surface area contributed by atoms with E-state index in [1.165, 1.54) is 6.92 Å². The first kappa shape index (κ1) is 12.4. The molecule has 0 spiro atoms. The third kappa shape index (κ3) is 1.95. The van der Waals surface area contributed by atoms with E-state index in [9.17, 15) is 9.59 Å². The summed E-state index contributed by atoms with van der Waals surface area (Å²) < 4.78 is 0. The number of aromatic nitrogens is 1. The third-order valence-electron chi connectivity index (χ3n) is 3.39. The average molecular weight is 266 g/mol. The second kappa shape index (κ2) is 4.49. The zero-order valence-corrected chi connectivity index (χ0v) is 11.3. The van der Waals surface area contributed by atoms with Crippen LogP contribution in [0, 0.1) is 6.92 Å². The lowest BCUT2D eigenvalue weighted by Gasteiger charge is -2.10. The summed E-state index contributed by atoms with van der Waals surface area (Å²) in [6.07, 6.45) is 0. The highest BCUT2D eigenvalue weighted by Crippen LogP contribution is 2.27. The van der Waals surface area contributed by atoms with Crippen molar-refractivity contribution < 1.29 is 4.79 Å². The number of nitrogens with one attached hydrogen (secondary N) is 2. The van der Waals surface area contributed by atoms with E-state index in [4.69, 9.17) is 0 Å². The maximum atomic E-state index is 12.0. The minimum absolute atomic E-state index is 0.0974. The van der Waals surface area contributed by atoms with Gasteiger partial charge in [0.1, 0.15) is 0 Å². The zero-order valence-electron chi connectivity index (χ0n) is 11.3. The van der Waals surface area contributed by atoms with Gasteiger partial charge in [-0.05, 0) is 36.1 Å². The van der Waals surface area contributed by atoms with Crippen molar-refractivity contribution in [3.8, 4) is 0 Å². The molecular formula is C16H14N2O2. The number of hydrogen-bond acceptors (Lipinski definition) is 2. The lowest BCUT2D eigenvalue weighted by atomic mass is 10.0. The Morgan fingerprint density at radius 1 is 1.10 bits per heavy atom. The number of aryl methyl sites for hydroxylation is 1. The van der Waals surface area contributed by atoms with Gasteiger partial charge >= 0.3 is 0 Å². The van der Waals surface area contributed by atoms with E-state index in [0.717, 1.165) is 27.5 Å². The van der Waals surface area contributed by atoms with Crippen LogP contribution in [0.1, 0.15) is 12.5 Å². The Labute approximate surface area is 115 Å². The summed E-state index contributed by atoms with van der Waals surface area (Å²) in [5.41, 5.74) is 2.36. The molecule has 1 heterocycles. The van der Waals surface area contributed by atoms with E-state index >= 15 is 0 Å². The molecule has 20 heavy (non-hydrogen) atoms. The molecule has 1 aromatic heterocycles. The molecule has 0 bridgehead atoms. The number of carbonyl (C=O) groups is 1. The van der Waals surface area contributed by atoms with Gasteiger partial charge in [-0.1, -0.05) is 18.2 Å². The largest absolute Gasteiger partial charge is 0.326 e. The van der Waals surface area contributed by atoms with E-state index in [-0.39, 0.29) is 11.5 Å². The summed E-state index contributed by atoms with van der Waals surface area (Å²) in [6.45, 7) is 3.38. The number of amides is 1. The molecule has 0 fully saturated rings. The first-order chi connectivity index (χ1) is 9.56. The number of H-pyrrole nitrogens is 1. The smallest absolute Gasteiger partial charge is 0.256 e. The second-order valence-corrected chi connectivity index (χ2v) is 4.89. The number of benzene rings is 2. The lowest BCUT2D eigenvalue weighted by molar-refractivity contribution is -0.114. The van der Waals surface area contributed by atoms with Crippen LogP contribution in [0.15, 0.2) is 41.2 Å². The zero-order chi connectivity index (χ0) is 14.3. The van der Waals surface area contributed by atoms with E-state index in [2.05, 4.69) is 10.3 Å².